The van der Waals surface area contributed by atoms with Gasteiger partial charge >= 0.3 is 2.85 Å². The lowest BCUT2D eigenvalue weighted by atomic mass is 10.3. The molecular formula is C25H38O12S4. The zero-order valence-electron chi connectivity index (χ0n) is 25.5. The van der Waals surface area contributed by atoms with Gasteiger partial charge in [-0.1, -0.05) is 0 Å². The number of hydrogen-bond acceptors (Lipinski definition) is 14. The van der Waals surface area contributed by atoms with Crippen LogP contribution in [0, 0.1) is 27.7 Å². The van der Waals surface area contributed by atoms with Crippen molar-refractivity contribution in [1.82, 2.24) is 0 Å². The molecule has 0 bridgehead atoms. The maximum atomic E-state index is 10.4. The van der Waals surface area contributed by atoms with E-state index in [1.54, 1.807) is 22.7 Å². The largest absolute Gasteiger partial charge is 1.00 e. The molecule has 0 saturated heterocycles. The van der Waals surface area contributed by atoms with Gasteiger partial charge in [-0.25, -0.2) is 16.8 Å². The van der Waals surface area contributed by atoms with E-state index in [2.05, 4.69) is 0 Å². The van der Waals surface area contributed by atoms with Crippen LogP contribution in [0.15, 0.2) is 0 Å². The second-order valence-corrected chi connectivity index (χ2v) is 15.5. The Bertz CT molecular complexity index is 1360. The number of thiophene rings is 2. The highest BCUT2D eigenvalue weighted by molar-refractivity contribution is 7.85. The molecule has 4 heterocycles. The average molecular weight is 659 g/mol. The predicted octanol–water partition coefficient (Wildman–Crippen LogP) is 3.53. The van der Waals surface area contributed by atoms with Crippen LogP contribution >= 0.6 is 22.7 Å². The van der Waals surface area contributed by atoms with Gasteiger partial charge < -0.3 is 37.5 Å². The lowest BCUT2D eigenvalue weighted by Gasteiger charge is -2.25. The molecule has 0 aromatic carbocycles. The molecule has 0 N–H and O–H groups in total. The molecule has 234 valence electrons. The van der Waals surface area contributed by atoms with Crippen LogP contribution in [0.3, 0.4) is 0 Å². The fraction of sp³-hybridized carbons (Fsp3) is 0.680. The number of hydrogen-bond donors (Lipinski definition) is 0. The van der Waals surface area contributed by atoms with Crippen LogP contribution < -0.4 is 18.9 Å². The van der Waals surface area contributed by atoms with E-state index in [1.807, 2.05) is 27.7 Å². The maximum Gasteiger partial charge on any atom is 1.00 e. The van der Waals surface area contributed by atoms with Crippen LogP contribution in [0.2, 0.25) is 0 Å². The summed E-state index contributed by atoms with van der Waals surface area (Å²) in [6.45, 7) is 10.1. The Hall–Kier alpha value is -1.66. The van der Waals surface area contributed by atoms with Crippen molar-refractivity contribution >= 4 is 42.9 Å². The summed E-state index contributed by atoms with van der Waals surface area (Å²) in [5.41, 5.74) is 0. The fourth-order valence-corrected chi connectivity index (χ4v) is 6.96. The van der Waals surface area contributed by atoms with E-state index in [9.17, 15) is 25.9 Å². The third-order valence-corrected chi connectivity index (χ3v) is 9.47. The molecule has 2 aliphatic heterocycles. The van der Waals surface area contributed by atoms with Gasteiger partial charge in [0.25, 0.3) is 0 Å². The molecular weight excluding hydrogens is 621 g/mol. The minimum Gasteiger partial charge on any atom is -0.748 e. The highest BCUT2D eigenvalue weighted by atomic mass is 32.2. The first kappa shape index (κ1) is 33.8. The van der Waals surface area contributed by atoms with Gasteiger partial charge in [-0.2, -0.15) is 0 Å². The molecule has 16 heteroatoms. The maximum absolute atomic E-state index is 10.4. The fourth-order valence-electron chi connectivity index (χ4n) is 4.06. The lowest BCUT2D eigenvalue weighted by Crippen LogP contribution is -2.33. The summed E-state index contributed by atoms with van der Waals surface area (Å²) in [5, 5.41) is 0. The lowest BCUT2D eigenvalue weighted by molar-refractivity contribution is 0.00815. The Morgan fingerprint density at radius 3 is 1.51 bits per heavy atom. The summed E-state index contributed by atoms with van der Waals surface area (Å²) in [7, 11) is -8.27. The van der Waals surface area contributed by atoms with Gasteiger partial charge in [-0.15, -0.1) is 22.7 Å². The number of unbranched alkanes of at least 4 members (excludes halogenated alkanes) is 1. The highest BCUT2D eigenvalue weighted by Crippen LogP contribution is 2.44. The molecule has 0 spiro atoms. The summed E-state index contributed by atoms with van der Waals surface area (Å²) in [6, 6.07) is 0. The molecule has 2 aromatic rings. The van der Waals surface area contributed by atoms with E-state index in [0.717, 1.165) is 42.5 Å². The van der Waals surface area contributed by atoms with Gasteiger partial charge in [0, 0.05) is 44.2 Å². The summed E-state index contributed by atoms with van der Waals surface area (Å²) in [4.78, 5) is 4.37. The first-order valence-electron chi connectivity index (χ1n) is 13.0. The third-order valence-electron chi connectivity index (χ3n) is 5.92. The van der Waals surface area contributed by atoms with E-state index in [4.69, 9.17) is 28.4 Å². The van der Waals surface area contributed by atoms with Crippen LogP contribution in [0.25, 0.3) is 0 Å². The first-order chi connectivity index (χ1) is 19.2. The quantitative estimate of drug-likeness (QED) is 0.227. The van der Waals surface area contributed by atoms with Crippen LogP contribution in [0.5, 0.6) is 23.0 Å². The second-order valence-electron chi connectivity index (χ2n) is 9.58. The number of rotatable bonds is 13. The van der Waals surface area contributed by atoms with Crippen molar-refractivity contribution in [3.8, 4) is 23.0 Å². The van der Waals surface area contributed by atoms with Crippen molar-refractivity contribution in [2.24, 2.45) is 0 Å². The zero-order chi connectivity index (χ0) is 30.2. The molecule has 12 nitrogen and oxygen atoms in total. The molecule has 0 fully saturated rings. The molecule has 0 aliphatic carbocycles. The molecule has 2 aliphatic rings. The van der Waals surface area contributed by atoms with Crippen molar-refractivity contribution in [2.45, 2.75) is 59.2 Å². The standard InChI is InChI=1S/C13H20O6S2.C12H18O6S2/c1-9-12-13(10(2)20-9)19-11(8-18-12)7-17-5-3-4-6-21(14,15)16;1-8-11-12(9(2)19-8)18-10(7-17-11)6-16-4-3-5-20(13,14)15/h11H,3-8H2,1-2H3,(H,14,15,16);10H,3-7H2,1-2H3,(H,13,14,15). The van der Waals surface area contributed by atoms with Gasteiger partial charge in [0.1, 0.15) is 13.2 Å². The smallest absolute Gasteiger partial charge is 0.748 e. The van der Waals surface area contributed by atoms with E-state index in [0.29, 0.717) is 45.9 Å². The Kier molecular flexibility index (Phi) is 12.5. The van der Waals surface area contributed by atoms with Crippen molar-refractivity contribution in [1.29, 1.82) is 0 Å². The van der Waals surface area contributed by atoms with Crippen molar-refractivity contribution in [2.75, 3.05) is 51.1 Å². The summed E-state index contributed by atoms with van der Waals surface area (Å²) < 4.78 is 96.3. The first-order valence-corrected chi connectivity index (χ1v) is 17.8. The average Bonchev–Trinajstić information content (AvgIpc) is 3.33. The summed E-state index contributed by atoms with van der Waals surface area (Å²) in [6.07, 6.45) is 0.686. The molecule has 0 radical (unpaired) electrons. The summed E-state index contributed by atoms with van der Waals surface area (Å²) in [5.74, 6) is 2.47. The van der Waals surface area contributed by atoms with Gasteiger partial charge in [-0.3, -0.25) is 0 Å². The minimum atomic E-state index is -4.16. The second kappa shape index (κ2) is 15.2. The Balaban J connectivity index is 0.000000411. The third kappa shape index (κ3) is 11.2. The van der Waals surface area contributed by atoms with Crippen molar-refractivity contribution in [3.05, 3.63) is 19.5 Å². The van der Waals surface area contributed by atoms with Gasteiger partial charge in [0.15, 0.2) is 35.2 Å². The highest BCUT2D eigenvalue weighted by Gasteiger charge is 2.27. The van der Waals surface area contributed by atoms with E-state index in [-0.39, 0.29) is 33.8 Å². The Morgan fingerprint density at radius 2 is 1.07 bits per heavy atom. The van der Waals surface area contributed by atoms with E-state index in [1.165, 1.54) is 0 Å². The van der Waals surface area contributed by atoms with E-state index < -0.39 is 26.0 Å². The molecule has 0 saturated carbocycles. The van der Waals surface area contributed by atoms with Crippen LogP contribution in [-0.4, -0.2) is 89.3 Å². The topological polar surface area (TPSA) is 170 Å². The Labute approximate surface area is 252 Å². The zero-order valence-corrected chi connectivity index (χ0v) is 26.7. The summed E-state index contributed by atoms with van der Waals surface area (Å²) >= 11 is 3.28. The van der Waals surface area contributed by atoms with Crippen LogP contribution in [-0.2, 0) is 29.7 Å². The Morgan fingerprint density at radius 1 is 0.683 bits per heavy atom. The number of fused-ring (bicyclic) bond motifs is 2. The minimum absolute atomic E-state index is 0. The van der Waals surface area contributed by atoms with Crippen LogP contribution in [0.4, 0.5) is 0 Å². The van der Waals surface area contributed by atoms with Crippen molar-refractivity contribution < 1.29 is 57.2 Å². The molecule has 2 unspecified atom stereocenters. The number of ether oxygens (including phenoxy) is 6. The molecule has 0 amide bonds. The van der Waals surface area contributed by atoms with Gasteiger partial charge in [-0.05, 0) is 47.0 Å². The van der Waals surface area contributed by atoms with Crippen molar-refractivity contribution in [3.63, 3.8) is 0 Å². The van der Waals surface area contributed by atoms with Gasteiger partial charge in [0.05, 0.1) is 33.5 Å². The molecule has 4 rings (SSSR count). The van der Waals surface area contributed by atoms with Crippen LogP contribution in [0.1, 0.15) is 41.6 Å². The number of aryl methyl sites for hydroxylation is 4. The normalized spacial score (nSPS) is 18.1. The molecule has 2 aromatic heterocycles. The molecule has 41 heavy (non-hydrogen) atoms. The molecule has 2 atom stereocenters. The predicted molar refractivity (Wildman–Crippen MR) is 154 cm³/mol. The monoisotopic (exact) mass is 658 g/mol. The SMILES string of the molecule is Cc1sc(C)c2c1OCC(COCCCCS(=O)(=O)[O-])O2.Cc1sc(C)c2c1OCC(COCCCS(=O)(=O)[O-])O2.[H+].[H+]. The van der Waals surface area contributed by atoms with Gasteiger partial charge in [0.2, 0.25) is 0 Å². The van der Waals surface area contributed by atoms with E-state index >= 15 is 0 Å².